The molecule has 0 radical (unpaired) electrons. The summed E-state index contributed by atoms with van der Waals surface area (Å²) in [5, 5.41) is 9.30. The lowest BCUT2D eigenvalue weighted by atomic mass is 10.1. The molecule has 0 fully saturated rings. The van der Waals surface area contributed by atoms with Crippen molar-refractivity contribution in [2.75, 3.05) is 16.7 Å². The van der Waals surface area contributed by atoms with Gasteiger partial charge in [-0.2, -0.15) is 0 Å². The molecule has 6 nitrogen and oxygen atoms in total. The third kappa shape index (κ3) is 4.73. The van der Waals surface area contributed by atoms with Crippen molar-refractivity contribution in [2.45, 2.75) is 10.8 Å². The van der Waals surface area contributed by atoms with Crippen molar-refractivity contribution in [3.05, 3.63) is 75.6 Å². The molecule has 0 amide bonds. The van der Waals surface area contributed by atoms with Crippen LogP contribution in [0, 0.1) is 0 Å². The van der Waals surface area contributed by atoms with Crippen molar-refractivity contribution in [3.8, 4) is 0 Å². The molecule has 9 heteroatoms. The summed E-state index contributed by atoms with van der Waals surface area (Å²) in [5.74, 6) is -1.13. The highest BCUT2D eigenvalue weighted by Gasteiger charge is 2.21. The van der Waals surface area contributed by atoms with E-state index in [1.54, 1.807) is 12.1 Å². The highest BCUT2D eigenvalue weighted by Crippen LogP contribution is 2.32. The summed E-state index contributed by atoms with van der Waals surface area (Å²) in [6.45, 7) is 0.534. The highest BCUT2D eigenvalue weighted by molar-refractivity contribution is 9.11. The van der Waals surface area contributed by atoms with Crippen molar-refractivity contribution < 1.29 is 18.3 Å². The van der Waals surface area contributed by atoms with Crippen LogP contribution >= 0.6 is 27.3 Å². The van der Waals surface area contributed by atoms with E-state index in [1.165, 1.54) is 18.2 Å². The minimum Gasteiger partial charge on any atom is -0.478 e. The molecule has 0 aliphatic carbocycles. The Morgan fingerprint density at radius 2 is 1.86 bits per heavy atom. The molecule has 28 heavy (non-hydrogen) atoms. The van der Waals surface area contributed by atoms with Crippen LogP contribution < -0.4 is 9.62 Å². The zero-order valence-corrected chi connectivity index (χ0v) is 18.0. The molecule has 146 valence electrons. The number of nitrogens with zero attached hydrogens (tertiary/aromatic N) is 1. The first-order chi connectivity index (χ1) is 13.3. The Labute approximate surface area is 175 Å². The predicted molar refractivity (Wildman–Crippen MR) is 115 cm³/mol. The highest BCUT2D eigenvalue weighted by atomic mass is 79.9. The molecule has 2 N–H and O–H groups in total. The minimum absolute atomic E-state index is 0.00178. The second kappa shape index (κ2) is 8.34. The Kier molecular flexibility index (Phi) is 6.07. The van der Waals surface area contributed by atoms with Crippen LogP contribution in [0.15, 0.2) is 68.7 Å². The quantitative estimate of drug-likeness (QED) is 0.513. The average Bonchev–Trinajstić information content (AvgIpc) is 3.09. The lowest BCUT2D eigenvalue weighted by Gasteiger charge is -2.23. The fourth-order valence-electron chi connectivity index (χ4n) is 2.66. The minimum atomic E-state index is -3.84. The first kappa shape index (κ1) is 20.4. The van der Waals surface area contributed by atoms with Gasteiger partial charge in [0.15, 0.2) is 0 Å². The number of rotatable bonds is 7. The Bertz CT molecular complexity index is 1100. The van der Waals surface area contributed by atoms with E-state index in [0.29, 0.717) is 16.0 Å². The largest absolute Gasteiger partial charge is 0.478 e. The van der Waals surface area contributed by atoms with E-state index in [9.17, 15) is 18.3 Å². The van der Waals surface area contributed by atoms with Gasteiger partial charge in [-0.05, 0) is 51.8 Å². The number of thiophene rings is 1. The standard InChI is InChI=1S/C19H17BrN2O4S2/c1-22(12-13-5-3-2-4-6-13)16-8-7-14(19(23)24)11-15(16)21-28(25,26)18-10-9-17(20)27-18/h2-11,21H,12H2,1H3,(H,23,24). The summed E-state index contributed by atoms with van der Waals surface area (Å²) in [6.07, 6.45) is 0. The molecule has 0 atom stereocenters. The van der Waals surface area contributed by atoms with Crippen molar-refractivity contribution in [2.24, 2.45) is 0 Å². The van der Waals surface area contributed by atoms with Crippen molar-refractivity contribution in [3.63, 3.8) is 0 Å². The fourth-order valence-corrected chi connectivity index (χ4v) is 5.74. The smallest absolute Gasteiger partial charge is 0.335 e. The van der Waals surface area contributed by atoms with Crippen molar-refractivity contribution in [1.82, 2.24) is 0 Å². The Morgan fingerprint density at radius 3 is 2.46 bits per heavy atom. The second-order valence-electron chi connectivity index (χ2n) is 6.04. The molecule has 3 aromatic rings. The third-order valence-corrected chi connectivity index (χ3v) is 7.46. The third-order valence-electron chi connectivity index (χ3n) is 3.98. The van der Waals surface area contributed by atoms with Crippen molar-refractivity contribution >= 4 is 54.6 Å². The molecule has 0 bridgehead atoms. The van der Waals surface area contributed by atoms with Crippen molar-refractivity contribution in [1.29, 1.82) is 0 Å². The van der Waals surface area contributed by atoms with Gasteiger partial charge in [0.25, 0.3) is 10.0 Å². The summed E-state index contributed by atoms with van der Waals surface area (Å²) in [4.78, 5) is 13.2. The molecule has 0 aliphatic heterocycles. The molecule has 1 aromatic heterocycles. The molecule has 0 saturated carbocycles. The Balaban J connectivity index is 1.97. The van der Waals surface area contributed by atoms with Crippen LogP contribution in [0.3, 0.4) is 0 Å². The van der Waals surface area contributed by atoms with Gasteiger partial charge < -0.3 is 10.0 Å². The number of hydrogen-bond acceptors (Lipinski definition) is 5. The number of halogens is 1. The maximum absolute atomic E-state index is 12.7. The van der Waals surface area contributed by atoms with Crippen LogP contribution in [-0.2, 0) is 16.6 Å². The first-order valence-electron chi connectivity index (χ1n) is 8.17. The number of anilines is 2. The van der Waals surface area contributed by atoms with Crippen LogP contribution in [-0.4, -0.2) is 26.5 Å². The molecule has 0 aliphatic rings. The molecule has 0 saturated heterocycles. The number of carboxylic acids is 1. The van der Waals surface area contributed by atoms with Gasteiger partial charge in [-0.3, -0.25) is 4.72 Å². The summed E-state index contributed by atoms with van der Waals surface area (Å²) >= 11 is 4.33. The normalized spacial score (nSPS) is 11.2. The summed E-state index contributed by atoms with van der Waals surface area (Å²) in [5.41, 5.74) is 1.83. The zero-order chi connectivity index (χ0) is 20.3. The van der Waals surface area contributed by atoms with Gasteiger partial charge in [-0.25, -0.2) is 13.2 Å². The fraction of sp³-hybridized carbons (Fsp3) is 0.105. The summed E-state index contributed by atoms with van der Waals surface area (Å²) in [7, 11) is -2.02. The SMILES string of the molecule is CN(Cc1ccccc1)c1ccc(C(=O)O)cc1NS(=O)(=O)c1ccc(Br)s1. The summed E-state index contributed by atoms with van der Waals surface area (Å²) in [6, 6.07) is 17.2. The van der Waals surface area contributed by atoms with Crippen LogP contribution in [0.1, 0.15) is 15.9 Å². The van der Waals surface area contributed by atoms with Gasteiger partial charge in [-0.1, -0.05) is 30.3 Å². The molecule has 3 rings (SSSR count). The predicted octanol–water partition coefficient (Wildman–Crippen LogP) is 4.65. The number of aromatic carboxylic acids is 1. The number of benzene rings is 2. The lowest BCUT2D eigenvalue weighted by Crippen LogP contribution is -2.20. The Morgan fingerprint density at radius 1 is 1.14 bits per heavy atom. The molecule has 1 heterocycles. The maximum atomic E-state index is 12.7. The average molecular weight is 481 g/mol. The van der Waals surface area contributed by atoms with Crippen LogP contribution in [0.25, 0.3) is 0 Å². The Hall–Kier alpha value is -2.36. The monoisotopic (exact) mass is 480 g/mol. The number of sulfonamides is 1. The maximum Gasteiger partial charge on any atom is 0.335 e. The van der Waals surface area contributed by atoms with Crippen LogP contribution in [0.4, 0.5) is 11.4 Å². The van der Waals surface area contributed by atoms with Gasteiger partial charge in [0.2, 0.25) is 0 Å². The molecule has 0 spiro atoms. The zero-order valence-electron chi connectivity index (χ0n) is 14.8. The lowest BCUT2D eigenvalue weighted by molar-refractivity contribution is 0.0697. The number of carbonyl (C=O) groups is 1. The van der Waals surface area contributed by atoms with Gasteiger partial charge >= 0.3 is 5.97 Å². The van der Waals surface area contributed by atoms with E-state index in [0.717, 1.165) is 16.9 Å². The van der Waals surface area contributed by atoms with Crippen LogP contribution in [0.2, 0.25) is 0 Å². The van der Waals surface area contributed by atoms with E-state index < -0.39 is 16.0 Å². The van der Waals surface area contributed by atoms with E-state index in [2.05, 4.69) is 20.7 Å². The molecule has 2 aromatic carbocycles. The second-order valence-corrected chi connectivity index (χ2v) is 10.4. The van der Waals surface area contributed by atoms with Gasteiger partial charge in [0.1, 0.15) is 4.21 Å². The number of hydrogen-bond donors (Lipinski definition) is 2. The first-order valence-corrected chi connectivity index (χ1v) is 11.3. The van der Waals surface area contributed by atoms with Gasteiger partial charge in [0.05, 0.1) is 20.7 Å². The van der Waals surface area contributed by atoms with E-state index in [4.69, 9.17) is 0 Å². The van der Waals surface area contributed by atoms with Gasteiger partial charge in [-0.15, -0.1) is 11.3 Å². The summed E-state index contributed by atoms with van der Waals surface area (Å²) < 4.78 is 28.8. The van der Waals surface area contributed by atoms with Crippen LogP contribution in [0.5, 0.6) is 0 Å². The van der Waals surface area contributed by atoms with E-state index in [1.807, 2.05) is 42.3 Å². The number of carboxylic acid groups (broad SMARTS) is 1. The van der Waals surface area contributed by atoms with E-state index >= 15 is 0 Å². The van der Waals surface area contributed by atoms with Gasteiger partial charge in [0, 0.05) is 13.6 Å². The number of nitrogens with one attached hydrogen (secondary N) is 1. The van der Waals surface area contributed by atoms with E-state index in [-0.39, 0.29) is 15.5 Å². The topological polar surface area (TPSA) is 86.7 Å². The molecular weight excluding hydrogens is 464 g/mol. The molecular formula is C19H17BrN2O4S2. The molecule has 0 unspecified atom stereocenters.